The van der Waals surface area contributed by atoms with Crippen molar-refractivity contribution in [3.05, 3.63) is 35.6 Å². The first-order valence-corrected chi connectivity index (χ1v) is 8.85. The van der Waals surface area contributed by atoms with Gasteiger partial charge in [0.05, 0.1) is 14.2 Å². The maximum absolute atomic E-state index is 12.6. The van der Waals surface area contributed by atoms with E-state index < -0.39 is 21.0 Å². The smallest absolute Gasteiger partial charge is 0.497 e. The minimum atomic E-state index is -5.69. The van der Waals surface area contributed by atoms with Gasteiger partial charge in [-0.3, -0.25) is 0 Å². The second-order valence-electron chi connectivity index (χ2n) is 6.05. The fourth-order valence-electron chi connectivity index (χ4n) is 2.79. The van der Waals surface area contributed by atoms with Crippen LogP contribution in [-0.2, 0) is 20.7 Å². The molecule has 1 unspecified atom stereocenters. The minimum Gasteiger partial charge on any atom is -0.497 e. The van der Waals surface area contributed by atoms with Crippen LogP contribution in [0.15, 0.2) is 30.0 Å². The molecular formula is C16H19F3O5S. The van der Waals surface area contributed by atoms with E-state index in [4.69, 9.17) is 9.47 Å². The summed E-state index contributed by atoms with van der Waals surface area (Å²) in [4.78, 5) is 0. The second kappa shape index (κ2) is 6.78. The van der Waals surface area contributed by atoms with Gasteiger partial charge in [0.1, 0.15) is 17.3 Å². The molecule has 0 N–H and O–H groups in total. The van der Waals surface area contributed by atoms with Crippen LogP contribution in [0.1, 0.15) is 25.3 Å². The molecule has 1 aliphatic rings. The number of rotatable bonds is 6. The molecule has 0 heterocycles. The number of halogens is 3. The minimum absolute atomic E-state index is 0.188. The van der Waals surface area contributed by atoms with Crippen molar-refractivity contribution in [1.29, 1.82) is 0 Å². The van der Waals surface area contributed by atoms with Crippen molar-refractivity contribution < 1.29 is 35.2 Å². The van der Waals surface area contributed by atoms with Crippen molar-refractivity contribution in [2.45, 2.75) is 31.7 Å². The maximum Gasteiger partial charge on any atom is 0.534 e. The van der Waals surface area contributed by atoms with E-state index in [9.17, 15) is 21.6 Å². The summed E-state index contributed by atoms with van der Waals surface area (Å²) in [6, 6.07) is 5.12. The van der Waals surface area contributed by atoms with Crippen molar-refractivity contribution in [2.24, 2.45) is 5.41 Å². The van der Waals surface area contributed by atoms with Crippen LogP contribution in [0.25, 0.3) is 0 Å². The van der Waals surface area contributed by atoms with Crippen LogP contribution in [0.2, 0.25) is 0 Å². The molecule has 0 radical (unpaired) electrons. The topological polar surface area (TPSA) is 61.8 Å². The second-order valence-corrected chi connectivity index (χ2v) is 7.59. The Bertz CT molecular complexity index is 748. The standard InChI is InChI=1S/C16H19F3O5S/c1-15(10-11-7-12(22-2)9-13(8-11)23-3)6-4-5-14(15)24-25(20,21)16(17,18)19/h5,7-9H,4,6,10H2,1-3H3. The Labute approximate surface area is 144 Å². The van der Waals surface area contributed by atoms with E-state index in [2.05, 4.69) is 4.18 Å². The van der Waals surface area contributed by atoms with Crippen LogP contribution in [-0.4, -0.2) is 28.1 Å². The molecule has 1 aliphatic carbocycles. The number of hydrogen-bond acceptors (Lipinski definition) is 5. The third-order valence-electron chi connectivity index (χ3n) is 4.11. The Balaban J connectivity index is 2.28. The lowest BCUT2D eigenvalue weighted by Crippen LogP contribution is -2.29. The average molecular weight is 380 g/mol. The third kappa shape index (κ3) is 4.20. The van der Waals surface area contributed by atoms with Gasteiger partial charge in [-0.25, -0.2) is 0 Å². The van der Waals surface area contributed by atoms with Gasteiger partial charge in [0, 0.05) is 11.5 Å². The van der Waals surface area contributed by atoms with E-state index in [-0.39, 0.29) is 12.2 Å². The van der Waals surface area contributed by atoms with Gasteiger partial charge in [-0.1, -0.05) is 6.92 Å². The van der Waals surface area contributed by atoms with E-state index >= 15 is 0 Å². The Morgan fingerprint density at radius 1 is 1.12 bits per heavy atom. The van der Waals surface area contributed by atoms with Crippen molar-refractivity contribution >= 4 is 10.1 Å². The fraction of sp³-hybridized carbons (Fsp3) is 0.500. The molecule has 1 aromatic carbocycles. The highest BCUT2D eigenvalue weighted by molar-refractivity contribution is 7.87. The third-order valence-corrected chi connectivity index (χ3v) is 5.08. The molecule has 1 aromatic rings. The fourth-order valence-corrected chi connectivity index (χ4v) is 3.39. The summed E-state index contributed by atoms with van der Waals surface area (Å²) in [5, 5.41) is 0. The van der Waals surface area contributed by atoms with Crippen LogP contribution in [0.5, 0.6) is 11.5 Å². The van der Waals surface area contributed by atoms with Gasteiger partial charge in [0.25, 0.3) is 0 Å². The van der Waals surface area contributed by atoms with Gasteiger partial charge in [-0.15, -0.1) is 0 Å². The Morgan fingerprint density at radius 3 is 2.16 bits per heavy atom. The summed E-state index contributed by atoms with van der Waals surface area (Å²) >= 11 is 0. The molecule has 25 heavy (non-hydrogen) atoms. The SMILES string of the molecule is COc1cc(CC2(C)CCC=C2OS(=O)(=O)C(F)(F)F)cc(OC)c1. The number of alkyl halides is 3. The molecule has 5 nitrogen and oxygen atoms in total. The van der Waals surface area contributed by atoms with Gasteiger partial charge in [-0.2, -0.15) is 21.6 Å². The molecule has 0 bridgehead atoms. The zero-order chi connectivity index (χ0) is 18.9. The largest absolute Gasteiger partial charge is 0.534 e. The number of allylic oxidation sites excluding steroid dienone is 2. The maximum atomic E-state index is 12.6. The normalized spacial score (nSPS) is 21.0. The van der Waals surface area contributed by atoms with Crippen molar-refractivity contribution in [1.82, 2.24) is 0 Å². The van der Waals surface area contributed by atoms with Crippen LogP contribution in [0, 0.1) is 5.41 Å². The molecule has 2 rings (SSSR count). The van der Waals surface area contributed by atoms with Crippen LogP contribution < -0.4 is 9.47 Å². The lowest BCUT2D eigenvalue weighted by atomic mass is 9.82. The molecule has 1 atom stereocenters. The number of hydrogen-bond donors (Lipinski definition) is 0. The Hall–Kier alpha value is -1.90. The summed E-state index contributed by atoms with van der Waals surface area (Å²) in [5.41, 5.74) is -5.61. The monoisotopic (exact) mass is 380 g/mol. The molecule has 0 fully saturated rings. The first kappa shape index (κ1) is 19.4. The van der Waals surface area contributed by atoms with E-state index in [1.807, 2.05) is 0 Å². The first-order valence-electron chi connectivity index (χ1n) is 7.44. The van der Waals surface area contributed by atoms with Crippen molar-refractivity contribution in [2.75, 3.05) is 14.2 Å². The molecule has 140 valence electrons. The lowest BCUT2D eigenvalue weighted by Gasteiger charge is -2.28. The van der Waals surface area contributed by atoms with Crippen molar-refractivity contribution in [3.63, 3.8) is 0 Å². The van der Waals surface area contributed by atoms with E-state index in [1.54, 1.807) is 25.1 Å². The zero-order valence-electron chi connectivity index (χ0n) is 14.0. The predicted octanol–water partition coefficient (Wildman–Crippen LogP) is 3.80. The van der Waals surface area contributed by atoms with E-state index in [0.29, 0.717) is 24.3 Å². The quantitative estimate of drug-likeness (QED) is 0.555. The van der Waals surface area contributed by atoms with E-state index in [1.165, 1.54) is 20.3 Å². The summed E-state index contributed by atoms with van der Waals surface area (Å²) in [6.07, 6.45) is 2.57. The molecule has 0 saturated carbocycles. The number of benzene rings is 1. The molecule has 0 saturated heterocycles. The molecule has 9 heteroatoms. The van der Waals surface area contributed by atoms with Gasteiger partial charge >= 0.3 is 15.6 Å². The molecule has 0 amide bonds. The lowest BCUT2D eigenvalue weighted by molar-refractivity contribution is -0.0531. The average Bonchev–Trinajstić information content (AvgIpc) is 2.85. The summed E-state index contributed by atoms with van der Waals surface area (Å²) in [7, 11) is -2.72. The number of methoxy groups -OCH3 is 2. The van der Waals surface area contributed by atoms with E-state index in [0.717, 1.165) is 5.56 Å². The molecular weight excluding hydrogens is 361 g/mol. The number of ether oxygens (including phenoxy) is 2. The Morgan fingerprint density at radius 2 is 1.68 bits per heavy atom. The van der Waals surface area contributed by atoms with Crippen LogP contribution in [0.3, 0.4) is 0 Å². The highest BCUT2D eigenvalue weighted by Gasteiger charge is 2.51. The predicted molar refractivity (Wildman–Crippen MR) is 84.7 cm³/mol. The molecule has 0 spiro atoms. The van der Waals surface area contributed by atoms with Crippen molar-refractivity contribution in [3.8, 4) is 11.5 Å². The Kier molecular flexibility index (Phi) is 5.27. The first-order chi connectivity index (χ1) is 11.5. The van der Waals surface area contributed by atoms with Gasteiger partial charge < -0.3 is 13.7 Å². The van der Waals surface area contributed by atoms with Crippen LogP contribution >= 0.6 is 0 Å². The molecule has 0 aromatic heterocycles. The van der Waals surface area contributed by atoms with Gasteiger partial charge in [-0.05, 0) is 43.0 Å². The van der Waals surface area contributed by atoms with Gasteiger partial charge in [0.2, 0.25) is 0 Å². The summed E-state index contributed by atoms with van der Waals surface area (Å²) in [5.74, 6) is 0.877. The van der Waals surface area contributed by atoms with Gasteiger partial charge in [0.15, 0.2) is 0 Å². The summed E-state index contributed by atoms with van der Waals surface area (Å²) < 4.78 is 75.2. The zero-order valence-corrected chi connectivity index (χ0v) is 14.8. The molecule has 0 aliphatic heterocycles. The van der Waals surface area contributed by atoms with Crippen LogP contribution in [0.4, 0.5) is 13.2 Å². The highest BCUT2D eigenvalue weighted by atomic mass is 32.2. The highest BCUT2D eigenvalue weighted by Crippen LogP contribution is 2.45. The summed E-state index contributed by atoms with van der Waals surface area (Å²) in [6.45, 7) is 1.67.